The van der Waals surface area contributed by atoms with E-state index in [1.807, 2.05) is 0 Å². The van der Waals surface area contributed by atoms with Crippen molar-refractivity contribution in [2.24, 2.45) is 0 Å². The average molecular weight is 458 g/mol. The van der Waals surface area contributed by atoms with Gasteiger partial charge in [0, 0.05) is 10.6 Å². The third kappa shape index (κ3) is 6.17. The molecule has 30 heavy (non-hydrogen) atoms. The number of aryl methyl sites for hydroxylation is 1. The van der Waals surface area contributed by atoms with Crippen LogP contribution in [0, 0.1) is 22.2 Å². The monoisotopic (exact) mass is 457 g/mol. The van der Waals surface area contributed by atoms with E-state index in [4.69, 9.17) is 26.3 Å². The van der Waals surface area contributed by atoms with Crippen LogP contribution in [0.2, 0.25) is 5.02 Å². The first-order chi connectivity index (χ1) is 13.9. The van der Waals surface area contributed by atoms with Crippen LogP contribution in [-0.2, 0) is 19.2 Å². The van der Waals surface area contributed by atoms with Crippen LogP contribution in [0.25, 0.3) is 6.08 Å². The van der Waals surface area contributed by atoms with Gasteiger partial charge in [0.15, 0.2) is 6.10 Å². The highest BCUT2D eigenvalue weighted by Gasteiger charge is 2.49. The van der Waals surface area contributed by atoms with E-state index in [1.54, 1.807) is 0 Å². The molecule has 0 fully saturated rings. The Labute approximate surface area is 170 Å². The Morgan fingerprint density at radius 2 is 2.10 bits per heavy atom. The topological polar surface area (TPSA) is 144 Å². The molecule has 0 aliphatic carbocycles. The Morgan fingerprint density at radius 3 is 2.67 bits per heavy atom. The summed E-state index contributed by atoms with van der Waals surface area (Å²) in [5, 5.41) is 27.0. The van der Waals surface area contributed by atoms with Crippen molar-refractivity contribution in [1.29, 1.82) is 0 Å². The van der Waals surface area contributed by atoms with Gasteiger partial charge in [-0.1, -0.05) is 11.6 Å². The molecule has 2 atom stereocenters. The van der Waals surface area contributed by atoms with Crippen molar-refractivity contribution in [3.05, 3.63) is 49.2 Å². The number of halogens is 4. The minimum Gasteiger partial charge on any atom is -0.738 e. The molecule has 0 saturated heterocycles. The number of fused-ring (bicyclic) bond motifs is 1. The fraction of sp³-hybridized carbons (Fsp3) is 0.400. The molecular formula is C15H13ClF3N2O9-. The molecule has 1 N–H and O–H groups in total. The van der Waals surface area contributed by atoms with Gasteiger partial charge in [-0.2, -0.15) is 13.2 Å². The maximum atomic E-state index is 13.5. The molecule has 1 aromatic rings. The maximum absolute atomic E-state index is 13.5. The first-order valence-electron chi connectivity index (χ1n) is 7.91. The molecule has 15 heteroatoms. The van der Waals surface area contributed by atoms with E-state index in [1.165, 1.54) is 19.1 Å². The third-order valence-corrected chi connectivity index (χ3v) is 3.86. The SMILES string of the molecule is Cc1cc(Cl)cc2c1O[C@H](C(F)(F)F)C(C(=O)OC(CON([O-])O)CO[N+](=O)[O-])=C2. The lowest BCUT2D eigenvalue weighted by molar-refractivity contribution is -0.759. The zero-order valence-electron chi connectivity index (χ0n) is 14.9. The molecule has 0 radical (unpaired) electrons. The standard InChI is InChI=1S/C15H13ClF3N2O9/c1-7-2-9(16)3-8-4-11(13(15(17,18)19)30-12(7)8)14(22)29-10(5-27-20(23)24)6-28-21(25)26/h2-4,10,13,23H,5-6H2,1H3/q-1/t10?,13-/m0/s1. The predicted molar refractivity (Wildman–Crippen MR) is 90.4 cm³/mol. The lowest BCUT2D eigenvalue weighted by atomic mass is 9.99. The highest BCUT2D eigenvalue weighted by atomic mass is 35.5. The Balaban J connectivity index is 2.33. The summed E-state index contributed by atoms with van der Waals surface area (Å²) < 4.78 is 50.2. The molecule has 0 amide bonds. The number of hydrogen-bond donors (Lipinski definition) is 1. The van der Waals surface area contributed by atoms with Crippen LogP contribution in [0.3, 0.4) is 0 Å². The van der Waals surface area contributed by atoms with Crippen molar-refractivity contribution >= 4 is 23.6 Å². The number of carbonyl (C=O) groups excluding carboxylic acids is 1. The number of hydrogen-bond acceptors (Lipinski definition) is 10. The highest BCUT2D eigenvalue weighted by Crippen LogP contribution is 2.40. The zero-order valence-corrected chi connectivity index (χ0v) is 15.7. The quantitative estimate of drug-likeness (QED) is 0.351. The van der Waals surface area contributed by atoms with Crippen molar-refractivity contribution in [2.45, 2.75) is 25.3 Å². The van der Waals surface area contributed by atoms with Crippen molar-refractivity contribution in [3.8, 4) is 5.75 Å². The predicted octanol–water partition coefficient (Wildman–Crippen LogP) is 2.60. The van der Waals surface area contributed by atoms with E-state index in [2.05, 4.69) is 9.68 Å². The summed E-state index contributed by atoms with van der Waals surface area (Å²) in [4.78, 5) is 30.7. The van der Waals surface area contributed by atoms with Crippen LogP contribution >= 0.6 is 11.6 Å². The smallest absolute Gasteiger partial charge is 0.430 e. The van der Waals surface area contributed by atoms with Crippen LogP contribution in [0.5, 0.6) is 5.75 Å². The van der Waals surface area contributed by atoms with E-state index < -0.39 is 53.6 Å². The second-order valence-electron chi connectivity index (χ2n) is 5.86. The Bertz CT molecular complexity index is 847. The van der Waals surface area contributed by atoms with E-state index >= 15 is 0 Å². The van der Waals surface area contributed by atoms with Crippen molar-refractivity contribution in [3.63, 3.8) is 0 Å². The molecule has 2 rings (SSSR count). The molecular weight excluding hydrogens is 445 g/mol. The molecule has 0 bridgehead atoms. The summed E-state index contributed by atoms with van der Waals surface area (Å²) in [7, 11) is 0. The van der Waals surface area contributed by atoms with Gasteiger partial charge in [-0.3, -0.25) is 4.84 Å². The maximum Gasteiger partial charge on any atom is 0.430 e. The van der Waals surface area contributed by atoms with Crippen LogP contribution < -0.4 is 4.74 Å². The van der Waals surface area contributed by atoms with Crippen molar-refractivity contribution < 1.29 is 47.4 Å². The van der Waals surface area contributed by atoms with E-state index in [-0.39, 0.29) is 16.3 Å². The van der Waals surface area contributed by atoms with Gasteiger partial charge in [-0.15, -0.1) is 15.5 Å². The van der Waals surface area contributed by atoms with Crippen molar-refractivity contribution in [1.82, 2.24) is 5.39 Å². The minimum atomic E-state index is -5.02. The summed E-state index contributed by atoms with van der Waals surface area (Å²) in [5.74, 6) is -1.71. The second kappa shape index (κ2) is 9.44. The molecule has 0 saturated carbocycles. The summed E-state index contributed by atoms with van der Waals surface area (Å²) in [5.41, 5.74) is -0.617. The van der Waals surface area contributed by atoms with Gasteiger partial charge in [-0.25, -0.2) is 4.79 Å². The van der Waals surface area contributed by atoms with Gasteiger partial charge in [0.1, 0.15) is 19.0 Å². The van der Waals surface area contributed by atoms with Crippen LogP contribution in [0.1, 0.15) is 11.1 Å². The highest BCUT2D eigenvalue weighted by molar-refractivity contribution is 6.30. The molecule has 1 aliphatic heterocycles. The molecule has 1 aromatic carbocycles. The average Bonchev–Trinajstić information content (AvgIpc) is 2.61. The lowest BCUT2D eigenvalue weighted by Gasteiger charge is -2.30. The first kappa shape index (κ1) is 23.6. The fourth-order valence-corrected chi connectivity index (χ4v) is 2.77. The summed E-state index contributed by atoms with van der Waals surface area (Å²) in [6.45, 7) is -0.480. The Hall–Kier alpha value is -2.65. The van der Waals surface area contributed by atoms with Crippen LogP contribution in [0.15, 0.2) is 17.7 Å². The number of rotatable bonds is 8. The van der Waals surface area contributed by atoms with Crippen molar-refractivity contribution in [2.75, 3.05) is 13.2 Å². The number of carbonyl (C=O) groups is 1. The Kier molecular flexibility index (Phi) is 7.44. The number of esters is 1. The third-order valence-electron chi connectivity index (χ3n) is 3.64. The fourth-order valence-electron chi connectivity index (χ4n) is 2.48. The Morgan fingerprint density at radius 1 is 1.43 bits per heavy atom. The zero-order chi connectivity index (χ0) is 22.6. The molecule has 1 unspecified atom stereocenters. The van der Waals surface area contributed by atoms with E-state index in [0.29, 0.717) is 5.56 Å². The van der Waals surface area contributed by atoms with Crippen LogP contribution in [-0.4, -0.2) is 53.3 Å². The normalized spacial score (nSPS) is 16.9. The lowest BCUT2D eigenvalue weighted by Crippen LogP contribution is -2.42. The largest absolute Gasteiger partial charge is 0.738 e. The summed E-state index contributed by atoms with van der Waals surface area (Å²) in [6, 6.07) is 2.64. The molecule has 0 spiro atoms. The second-order valence-corrected chi connectivity index (χ2v) is 6.30. The molecule has 1 aliphatic rings. The molecule has 166 valence electrons. The number of benzene rings is 1. The van der Waals surface area contributed by atoms with Gasteiger partial charge in [0.05, 0.1) is 5.57 Å². The number of ether oxygens (including phenoxy) is 2. The summed E-state index contributed by atoms with van der Waals surface area (Å²) >= 11 is 5.88. The van der Waals surface area contributed by atoms with Crippen LogP contribution in [0.4, 0.5) is 13.2 Å². The van der Waals surface area contributed by atoms with Gasteiger partial charge >= 0.3 is 12.1 Å². The van der Waals surface area contributed by atoms with Gasteiger partial charge in [0.25, 0.3) is 5.09 Å². The first-order valence-corrected chi connectivity index (χ1v) is 8.28. The molecule has 11 nitrogen and oxygen atoms in total. The van der Waals surface area contributed by atoms with Gasteiger partial charge in [0.2, 0.25) is 6.10 Å². The number of alkyl halides is 3. The molecule has 0 aromatic heterocycles. The van der Waals surface area contributed by atoms with E-state index in [0.717, 1.165) is 6.08 Å². The van der Waals surface area contributed by atoms with E-state index in [9.17, 15) is 33.3 Å². The molecule has 1 heterocycles. The van der Waals surface area contributed by atoms with Gasteiger partial charge in [-0.05, 0) is 30.7 Å². The number of nitrogens with zero attached hydrogens (tertiary/aromatic N) is 2. The summed E-state index contributed by atoms with van der Waals surface area (Å²) in [6.07, 6.45) is -8.58. The minimum absolute atomic E-state index is 0.0721. The van der Waals surface area contributed by atoms with Gasteiger partial charge < -0.3 is 24.7 Å².